The van der Waals surface area contributed by atoms with Crippen LogP contribution in [0, 0.1) is 11.3 Å². The second-order valence-electron chi connectivity index (χ2n) is 4.53. The average molecular weight is 250 g/mol. The zero-order chi connectivity index (χ0) is 13.5. The summed E-state index contributed by atoms with van der Waals surface area (Å²) >= 11 is 0. The lowest BCUT2D eigenvalue weighted by molar-refractivity contribution is 0.675. The second kappa shape index (κ2) is 6.72. The first kappa shape index (κ1) is 13.3. The van der Waals surface area contributed by atoms with E-state index in [-0.39, 0.29) is 0 Å². The van der Waals surface area contributed by atoms with Crippen molar-refractivity contribution in [1.29, 1.82) is 5.26 Å². The second-order valence-corrected chi connectivity index (χ2v) is 4.53. The van der Waals surface area contributed by atoms with Gasteiger partial charge in [-0.1, -0.05) is 49.4 Å². The van der Waals surface area contributed by atoms with Gasteiger partial charge in [0.15, 0.2) is 0 Å². The summed E-state index contributed by atoms with van der Waals surface area (Å²) in [7, 11) is 0. The van der Waals surface area contributed by atoms with E-state index < -0.39 is 0 Å². The van der Waals surface area contributed by atoms with E-state index in [2.05, 4.69) is 42.6 Å². The molecular weight excluding hydrogens is 232 g/mol. The maximum Gasteiger partial charge on any atom is 0.0998 e. The molecule has 0 fully saturated rings. The van der Waals surface area contributed by atoms with Crippen LogP contribution in [0.25, 0.3) is 11.1 Å². The van der Waals surface area contributed by atoms with Gasteiger partial charge in [-0.2, -0.15) is 5.26 Å². The molecular formula is C17H18N2. The van der Waals surface area contributed by atoms with E-state index in [1.807, 2.05) is 24.3 Å². The van der Waals surface area contributed by atoms with E-state index in [0.29, 0.717) is 0 Å². The Hall–Kier alpha value is -2.11. The third kappa shape index (κ3) is 3.43. The van der Waals surface area contributed by atoms with E-state index in [1.165, 1.54) is 5.56 Å². The lowest BCUT2D eigenvalue weighted by Gasteiger charge is -2.07. The van der Waals surface area contributed by atoms with Crippen molar-refractivity contribution in [3.8, 4) is 17.2 Å². The van der Waals surface area contributed by atoms with Crippen molar-refractivity contribution >= 4 is 0 Å². The molecule has 0 amide bonds. The number of hydrogen-bond donors (Lipinski definition) is 1. The molecule has 2 aromatic rings. The van der Waals surface area contributed by atoms with Crippen LogP contribution in [0.1, 0.15) is 24.5 Å². The summed E-state index contributed by atoms with van der Waals surface area (Å²) < 4.78 is 0. The average Bonchev–Trinajstić information content (AvgIpc) is 2.48. The third-order valence-electron chi connectivity index (χ3n) is 3.07. The molecule has 0 aliphatic carbocycles. The van der Waals surface area contributed by atoms with Gasteiger partial charge >= 0.3 is 0 Å². The molecule has 0 bridgehead atoms. The van der Waals surface area contributed by atoms with E-state index in [0.717, 1.165) is 36.2 Å². The first-order chi connectivity index (χ1) is 9.35. The number of nitrogens with one attached hydrogen (secondary N) is 1. The number of nitriles is 1. The highest BCUT2D eigenvalue weighted by Crippen LogP contribution is 2.23. The predicted molar refractivity (Wildman–Crippen MR) is 78.6 cm³/mol. The summed E-state index contributed by atoms with van der Waals surface area (Å²) in [6, 6.07) is 18.3. The van der Waals surface area contributed by atoms with Gasteiger partial charge in [-0.3, -0.25) is 0 Å². The minimum Gasteiger partial charge on any atom is -0.313 e. The zero-order valence-corrected chi connectivity index (χ0v) is 11.2. The Labute approximate surface area is 114 Å². The number of hydrogen-bond acceptors (Lipinski definition) is 2. The molecule has 0 unspecified atom stereocenters. The molecule has 0 atom stereocenters. The Morgan fingerprint density at radius 3 is 2.47 bits per heavy atom. The summed E-state index contributed by atoms with van der Waals surface area (Å²) in [5.41, 5.74) is 4.08. The van der Waals surface area contributed by atoms with Crippen LogP contribution in [0.4, 0.5) is 0 Å². The molecule has 0 heterocycles. The SMILES string of the molecule is CCCNCc1ccc(-c2ccccc2C#N)cc1. The molecule has 0 saturated carbocycles. The van der Waals surface area contributed by atoms with Crippen molar-refractivity contribution in [2.75, 3.05) is 6.54 Å². The van der Waals surface area contributed by atoms with Gasteiger partial charge in [0.05, 0.1) is 11.6 Å². The molecule has 2 heteroatoms. The highest BCUT2D eigenvalue weighted by Gasteiger charge is 2.03. The fraction of sp³-hybridized carbons (Fsp3) is 0.235. The molecule has 0 spiro atoms. The molecule has 19 heavy (non-hydrogen) atoms. The van der Waals surface area contributed by atoms with Crippen molar-refractivity contribution in [3.05, 3.63) is 59.7 Å². The third-order valence-corrected chi connectivity index (χ3v) is 3.07. The van der Waals surface area contributed by atoms with Crippen LogP contribution in [0.3, 0.4) is 0 Å². The van der Waals surface area contributed by atoms with Crippen molar-refractivity contribution in [3.63, 3.8) is 0 Å². The maximum absolute atomic E-state index is 9.12. The molecule has 2 rings (SSSR count). The molecule has 0 aromatic heterocycles. The van der Waals surface area contributed by atoms with Crippen molar-refractivity contribution in [2.24, 2.45) is 0 Å². The zero-order valence-electron chi connectivity index (χ0n) is 11.2. The van der Waals surface area contributed by atoms with E-state index in [1.54, 1.807) is 0 Å². The lowest BCUT2D eigenvalue weighted by atomic mass is 9.99. The molecule has 0 radical (unpaired) electrons. The lowest BCUT2D eigenvalue weighted by Crippen LogP contribution is -2.13. The first-order valence-corrected chi connectivity index (χ1v) is 6.64. The Morgan fingerprint density at radius 2 is 1.79 bits per heavy atom. The molecule has 96 valence electrons. The minimum absolute atomic E-state index is 0.722. The number of nitrogens with zero attached hydrogens (tertiary/aromatic N) is 1. The van der Waals surface area contributed by atoms with Crippen molar-refractivity contribution in [2.45, 2.75) is 19.9 Å². The number of rotatable bonds is 5. The van der Waals surface area contributed by atoms with Crippen LogP contribution in [0.5, 0.6) is 0 Å². The first-order valence-electron chi connectivity index (χ1n) is 6.64. The normalized spacial score (nSPS) is 10.1. The van der Waals surface area contributed by atoms with E-state index in [9.17, 15) is 0 Å². The summed E-state index contributed by atoms with van der Waals surface area (Å²) in [5.74, 6) is 0. The van der Waals surface area contributed by atoms with Crippen molar-refractivity contribution in [1.82, 2.24) is 5.32 Å². The Morgan fingerprint density at radius 1 is 1.05 bits per heavy atom. The van der Waals surface area contributed by atoms with Gasteiger partial charge in [0.2, 0.25) is 0 Å². The van der Waals surface area contributed by atoms with Crippen LogP contribution in [0.2, 0.25) is 0 Å². The predicted octanol–water partition coefficient (Wildman–Crippen LogP) is 3.72. The van der Waals surface area contributed by atoms with Crippen LogP contribution in [-0.2, 0) is 6.54 Å². The Kier molecular flexibility index (Phi) is 4.72. The van der Waals surface area contributed by atoms with Gasteiger partial charge in [-0.25, -0.2) is 0 Å². The Balaban J connectivity index is 2.16. The van der Waals surface area contributed by atoms with Crippen LogP contribution < -0.4 is 5.32 Å². The maximum atomic E-state index is 9.12. The highest BCUT2D eigenvalue weighted by molar-refractivity contribution is 5.70. The molecule has 1 N–H and O–H groups in total. The van der Waals surface area contributed by atoms with Gasteiger partial charge in [-0.15, -0.1) is 0 Å². The molecule has 0 saturated heterocycles. The fourth-order valence-corrected chi connectivity index (χ4v) is 2.04. The van der Waals surface area contributed by atoms with Crippen LogP contribution in [-0.4, -0.2) is 6.54 Å². The quantitative estimate of drug-likeness (QED) is 0.821. The molecule has 0 aliphatic heterocycles. The van der Waals surface area contributed by atoms with E-state index in [4.69, 9.17) is 5.26 Å². The topological polar surface area (TPSA) is 35.8 Å². The minimum atomic E-state index is 0.722. The number of benzene rings is 2. The largest absolute Gasteiger partial charge is 0.313 e. The molecule has 0 aliphatic rings. The summed E-state index contributed by atoms with van der Waals surface area (Å²) in [5, 5.41) is 12.5. The standard InChI is InChI=1S/C17H18N2/c1-2-11-19-13-14-7-9-15(10-8-14)17-6-4-3-5-16(17)12-18/h3-10,19H,2,11,13H2,1H3. The van der Waals surface area contributed by atoms with Gasteiger partial charge in [0, 0.05) is 6.54 Å². The van der Waals surface area contributed by atoms with Crippen LogP contribution >= 0.6 is 0 Å². The van der Waals surface area contributed by atoms with Gasteiger partial charge in [-0.05, 0) is 35.7 Å². The van der Waals surface area contributed by atoms with E-state index >= 15 is 0 Å². The van der Waals surface area contributed by atoms with Gasteiger partial charge in [0.1, 0.15) is 0 Å². The molecule has 2 aromatic carbocycles. The molecule has 2 nitrogen and oxygen atoms in total. The smallest absolute Gasteiger partial charge is 0.0998 e. The van der Waals surface area contributed by atoms with Gasteiger partial charge in [0.25, 0.3) is 0 Å². The summed E-state index contributed by atoms with van der Waals surface area (Å²) in [6.45, 7) is 4.10. The van der Waals surface area contributed by atoms with Gasteiger partial charge < -0.3 is 5.32 Å². The van der Waals surface area contributed by atoms with Crippen LogP contribution in [0.15, 0.2) is 48.5 Å². The monoisotopic (exact) mass is 250 g/mol. The fourth-order valence-electron chi connectivity index (χ4n) is 2.04. The Bertz CT molecular complexity index is 565. The van der Waals surface area contributed by atoms with Crippen molar-refractivity contribution < 1.29 is 0 Å². The highest BCUT2D eigenvalue weighted by atomic mass is 14.8. The summed E-state index contributed by atoms with van der Waals surface area (Å²) in [4.78, 5) is 0. The summed E-state index contributed by atoms with van der Waals surface area (Å²) in [6.07, 6.45) is 1.15.